The van der Waals surface area contributed by atoms with Crippen molar-refractivity contribution in [3.63, 3.8) is 0 Å². The van der Waals surface area contributed by atoms with Crippen molar-refractivity contribution in [2.45, 2.75) is 45.6 Å². The van der Waals surface area contributed by atoms with Crippen LogP contribution in [0.5, 0.6) is 5.75 Å². The second-order valence-electron chi connectivity index (χ2n) is 10.2. The molecule has 5 heteroatoms. The molecule has 0 N–H and O–H groups in total. The van der Waals surface area contributed by atoms with Crippen molar-refractivity contribution in [3.8, 4) is 5.75 Å². The number of anilines is 1. The van der Waals surface area contributed by atoms with Crippen molar-refractivity contribution in [2.75, 3.05) is 25.7 Å². The predicted molar refractivity (Wildman–Crippen MR) is 153 cm³/mol. The Balaban J connectivity index is 1.77. The van der Waals surface area contributed by atoms with E-state index in [4.69, 9.17) is 21.1 Å². The summed E-state index contributed by atoms with van der Waals surface area (Å²) in [5, 5.41) is 0.823. The SMILES string of the molecule is COC(=O)C=Cc1ccc(C2(C)c3ccc(OC)cc3CCN2c2ccc(CCC(C)C)c(Cl)c2)cc1. The zero-order valence-corrected chi connectivity index (χ0v) is 23.1. The lowest BCUT2D eigenvalue weighted by molar-refractivity contribution is -0.134. The first-order valence-electron chi connectivity index (χ1n) is 12.9. The van der Waals surface area contributed by atoms with Crippen LogP contribution in [-0.2, 0) is 27.9 Å². The van der Waals surface area contributed by atoms with Gasteiger partial charge in [-0.05, 0) is 90.3 Å². The van der Waals surface area contributed by atoms with Gasteiger partial charge in [0.25, 0.3) is 0 Å². The molecule has 1 aliphatic rings. The molecule has 1 atom stereocenters. The van der Waals surface area contributed by atoms with Crippen LogP contribution in [0.15, 0.2) is 66.7 Å². The van der Waals surface area contributed by atoms with Crippen molar-refractivity contribution in [2.24, 2.45) is 5.92 Å². The topological polar surface area (TPSA) is 38.8 Å². The number of benzene rings is 3. The van der Waals surface area contributed by atoms with Crippen molar-refractivity contribution in [3.05, 3.63) is 99.6 Å². The van der Waals surface area contributed by atoms with E-state index in [9.17, 15) is 4.79 Å². The number of nitrogens with zero attached hydrogens (tertiary/aromatic N) is 1. The number of carbonyl (C=O) groups excluding carboxylic acids is 1. The molecule has 0 spiro atoms. The third-order valence-corrected chi connectivity index (χ3v) is 7.76. The number of esters is 1. The molecule has 3 aromatic carbocycles. The zero-order valence-electron chi connectivity index (χ0n) is 22.4. The molecule has 0 amide bonds. The Labute approximate surface area is 225 Å². The Morgan fingerprint density at radius 3 is 2.49 bits per heavy atom. The number of fused-ring (bicyclic) bond motifs is 1. The fourth-order valence-corrected chi connectivity index (χ4v) is 5.45. The minimum atomic E-state index is -0.423. The minimum absolute atomic E-state index is 0.369. The van der Waals surface area contributed by atoms with Crippen molar-refractivity contribution < 1.29 is 14.3 Å². The van der Waals surface area contributed by atoms with Gasteiger partial charge in [-0.1, -0.05) is 61.8 Å². The number of methoxy groups -OCH3 is 2. The maximum atomic E-state index is 11.5. The van der Waals surface area contributed by atoms with Gasteiger partial charge in [0.15, 0.2) is 0 Å². The average molecular weight is 518 g/mol. The van der Waals surface area contributed by atoms with E-state index in [1.165, 1.54) is 29.9 Å². The van der Waals surface area contributed by atoms with Crippen LogP contribution < -0.4 is 9.64 Å². The second kappa shape index (κ2) is 11.4. The number of hydrogen-bond acceptors (Lipinski definition) is 4. The van der Waals surface area contributed by atoms with Gasteiger partial charge in [0, 0.05) is 23.3 Å². The van der Waals surface area contributed by atoms with E-state index in [-0.39, 0.29) is 5.97 Å². The molecule has 37 heavy (non-hydrogen) atoms. The van der Waals surface area contributed by atoms with Gasteiger partial charge in [-0.25, -0.2) is 4.79 Å². The summed E-state index contributed by atoms with van der Waals surface area (Å²) in [7, 11) is 3.09. The lowest BCUT2D eigenvalue weighted by Gasteiger charge is -2.48. The van der Waals surface area contributed by atoms with Crippen LogP contribution in [0.3, 0.4) is 0 Å². The van der Waals surface area contributed by atoms with E-state index in [1.807, 2.05) is 18.2 Å². The fourth-order valence-electron chi connectivity index (χ4n) is 5.18. The van der Waals surface area contributed by atoms with Gasteiger partial charge in [0.1, 0.15) is 5.75 Å². The van der Waals surface area contributed by atoms with E-state index >= 15 is 0 Å². The normalized spacial score (nSPS) is 17.2. The molecule has 4 rings (SSSR count). The monoisotopic (exact) mass is 517 g/mol. The van der Waals surface area contributed by atoms with Gasteiger partial charge in [0.2, 0.25) is 0 Å². The van der Waals surface area contributed by atoms with Gasteiger partial charge in [0.05, 0.1) is 19.8 Å². The summed E-state index contributed by atoms with van der Waals surface area (Å²) < 4.78 is 10.2. The van der Waals surface area contributed by atoms with Crippen LogP contribution in [0.2, 0.25) is 5.02 Å². The van der Waals surface area contributed by atoms with Crippen LogP contribution in [0, 0.1) is 5.92 Å². The maximum absolute atomic E-state index is 11.5. The first kappa shape index (κ1) is 26.8. The van der Waals surface area contributed by atoms with E-state index in [0.29, 0.717) is 5.92 Å². The Morgan fingerprint density at radius 2 is 1.84 bits per heavy atom. The van der Waals surface area contributed by atoms with E-state index in [1.54, 1.807) is 13.2 Å². The van der Waals surface area contributed by atoms with Crippen LogP contribution in [0.4, 0.5) is 5.69 Å². The van der Waals surface area contributed by atoms with Gasteiger partial charge in [-0.15, -0.1) is 0 Å². The molecule has 4 nitrogen and oxygen atoms in total. The highest BCUT2D eigenvalue weighted by atomic mass is 35.5. The van der Waals surface area contributed by atoms with Crippen molar-refractivity contribution >= 4 is 29.3 Å². The zero-order chi connectivity index (χ0) is 26.6. The summed E-state index contributed by atoms with van der Waals surface area (Å²) in [4.78, 5) is 14.0. The summed E-state index contributed by atoms with van der Waals surface area (Å²) >= 11 is 6.82. The van der Waals surface area contributed by atoms with Gasteiger partial charge < -0.3 is 14.4 Å². The van der Waals surface area contributed by atoms with Crippen LogP contribution in [0.25, 0.3) is 6.08 Å². The lowest BCUT2D eigenvalue weighted by Crippen LogP contribution is -2.49. The Kier molecular flexibility index (Phi) is 8.29. The van der Waals surface area contributed by atoms with E-state index < -0.39 is 5.54 Å². The van der Waals surface area contributed by atoms with Gasteiger partial charge in [-0.3, -0.25) is 0 Å². The molecule has 194 valence electrons. The van der Waals surface area contributed by atoms with E-state index in [0.717, 1.165) is 53.4 Å². The number of hydrogen-bond donors (Lipinski definition) is 0. The van der Waals surface area contributed by atoms with E-state index in [2.05, 4.69) is 68.1 Å². The largest absolute Gasteiger partial charge is 0.497 e. The highest BCUT2D eigenvalue weighted by Crippen LogP contribution is 2.45. The second-order valence-corrected chi connectivity index (χ2v) is 10.6. The molecule has 0 aromatic heterocycles. The Morgan fingerprint density at radius 1 is 1.08 bits per heavy atom. The smallest absolute Gasteiger partial charge is 0.330 e. The molecular formula is C32H36ClNO3. The number of aryl methyl sites for hydroxylation is 1. The van der Waals surface area contributed by atoms with Crippen LogP contribution >= 0.6 is 11.6 Å². The van der Waals surface area contributed by atoms with Crippen LogP contribution in [-0.4, -0.2) is 26.7 Å². The van der Waals surface area contributed by atoms with Crippen LogP contribution in [0.1, 0.15) is 55.0 Å². The number of ether oxygens (including phenoxy) is 2. The molecule has 0 saturated heterocycles. The number of carbonyl (C=O) groups is 1. The first-order valence-corrected chi connectivity index (χ1v) is 13.2. The Hall–Kier alpha value is -3.24. The van der Waals surface area contributed by atoms with Gasteiger partial charge in [-0.2, -0.15) is 0 Å². The molecule has 0 saturated carbocycles. The fraction of sp³-hybridized carbons (Fsp3) is 0.344. The standard InChI is InChI=1S/C32H36ClNO3/c1-22(2)6-10-24-11-14-27(21-30(24)33)34-19-18-25-20-28(36-4)15-16-29(25)32(34,3)26-12-7-23(8-13-26)9-17-31(35)37-5/h7-9,11-17,20-22H,6,10,18-19H2,1-5H3. The third kappa shape index (κ3) is 5.70. The molecule has 0 aliphatic carbocycles. The first-order chi connectivity index (χ1) is 17.8. The molecular weight excluding hydrogens is 482 g/mol. The molecule has 1 heterocycles. The lowest BCUT2D eigenvalue weighted by atomic mass is 9.76. The summed E-state index contributed by atoms with van der Waals surface area (Å²) in [6.45, 7) is 7.61. The average Bonchev–Trinajstić information content (AvgIpc) is 2.91. The summed E-state index contributed by atoms with van der Waals surface area (Å²) in [5.41, 5.74) is 6.51. The summed E-state index contributed by atoms with van der Waals surface area (Å²) in [5.74, 6) is 1.14. The molecule has 3 aromatic rings. The molecule has 0 radical (unpaired) electrons. The predicted octanol–water partition coefficient (Wildman–Crippen LogP) is 7.45. The molecule has 1 aliphatic heterocycles. The van der Waals surface area contributed by atoms with Crippen molar-refractivity contribution in [1.29, 1.82) is 0 Å². The summed E-state index contributed by atoms with van der Waals surface area (Å²) in [6, 6.07) is 21.3. The highest BCUT2D eigenvalue weighted by Gasteiger charge is 2.40. The van der Waals surface area contributed by atoms with Crippen molar-refractivity contribution in [1.82, 2.24) is 0 Å². The Bertz CT molecular complexity index is 1280. The third-order valence-electron chi connectivity index (χ3n) is 7.41. The van der Waals surface area contributed by atoms with Gasteiger partial charge >= 0.3 is 5.97 Å². The molecule has 0 bridgehead atoms. The quantitative estimate of drug-likeness (QED) is 0.230. The molecule has 1 unspecified atom stereocenters. The highest BCUT2D eigenvalue weighted by molar-refractivity contribution is 6.31. The molecule has 0 fully saturated rings. The summed E-state index contributed by atoms with van der Waals surface area (Å²) in [6.07, 6.45) is 6.22. The number of halogens is 1. The minimum Gasteiger partial charge on any atom is -0.497 e. The number of rotatable bonds is 8. The maximum Gasteiger partial charge on any atom is 0.330 e.